The van der Waals surface area contributed by atoms with Crippen LogP contribution in [0.1, 0.15) is 22.8 Å². The van der Waals surface area contributed by atoms with Crippen LogP contribution in [-0.2, 0) is 4.79 Å². The van der Waals surface area contributed by atoms with Gasteiger partial charge in [-0.05, 0) is 37.6 Å². The van der Waals surface area contributed by atoms with Crippen LogP contribution >= 0.6 is 11.6 Å². The molecule has 0 aliphatic carbocycles. The van der Waals surface area contributed by atoms with E-state index in [2.05, 4.69) is 10.6 Å². The van der Waals surface area contributed by atoms with Gasteiger partial charge in [-0.2, -0.15) is 0 Å². The molecule has 6 nitrogen and oxygen atoms in total. The number of para-hydroxylation sites is 2. The number of hydrogen-bond acceptors (Lipinski definition) is 3. The Bertz CT molecular complexity index is 882. The monoisotopic (exact) mass is 357 g/mol. The van der Waals surface area contributed by atoms with Crippen LogP contribution in [0.2, 0.25) is 5.02 Å². The first-order valence-electron chi connectivity index (χ1n) is 7.70. The highest BCUT2D eigenvalue weighted by atomic mass is 35.5. The van der Waals surface area contributed by atoms with E-state index in [0.717, 1.165) is 10.5 Å². The molecule has 1 unspecified atom stereocenters. The maximum absolute atomic E-state index is 12.6. The summed E-state index contributed by atoms with van der Waals surface area (Å²) < 4.78 is 0. The van der Waals surface area contributed by atoms with Crippen molar-refractivity contribution in [2.45, 2.75) is 19.9 Å². The lowest BCUT2D eigenvalue weighted by molar-refractivity contribution is -0.117. The SMILES string of the molecule is Cc1cccc(C(=O)Nc2ccccc2N2C(=O)NC(C)C2=O)c1Cl. The number of anilines is 2. The minimum atomic E-state index is -0.609. The summed E-state index contributed by atoms with van der Waals surface area (Å²) in [6.45, 7) is 3.41. The fourth-order valence-electron chi connectivity index (χ4n) is 2.62. The number of benzene rings is 2. The smallest absolute Gasteiger partial charge is 0.326 e. The Balaban J connectivity index is 1.94. The molecule has 2 aromatic carbocycles. The Hall–Kier alpha value is -2.86. The molecule has 2 aromatic rings. The van der Waals surface area contributed by atoms with Gasteiger partial charge in [0.1, 0.15) is 6.04 Å². The highest BCUT2D eigenvalue weighted by Crippen LogP contribution is 2.30. The number of carbonyl (C=O) groups excluding carboxylic acids is 3. The Labute approximate surface area is 149 Å². The van der Waals surface area contributed by atoms with Crippen LogP contribution in [0.25, 0.3) is 0 Å². The lowest BCUT2D eigenvalue weighted by Gasteiger charge is -2.18. The van der Waals surface area contributed by atoms with E-state index in [0.29, 0.717) is 22.0 Å². The maximum Gasteiger partial charge on any atom is 0.329 e. The number of hydrogen-bond donors (Lipinski definition) is 2. The van der Waals surface area contributed by atoms with Gasteiger partial charge in [-0.25, -0.2) is 9.69 Å². The van der Waals surface area contributed by atoms with Crippen molar-refractivity contribution in [2.24, 2.45) is 0 Å². The molecule has 0 spiro atoms. The van der Waals surface area contributed by atoms with E-state index in [1.807, 2.05) is 13.0 Å². The topological polar surface area (TPSA) is 78.5 Å². The zero-order valence-electron chi connectivity index (χ0n) is 13.7. The van der Waals surface area contributed by atoms with Crippen LogP contribution < -0.4 is 15.5 Å². The molecule has 1 saturated heterocycles. The molecule has 0 radical (unpaired) electrons. The molecular weight excluding hydrogens is 342 g/mol. The van der Waals surface area contributed by atoms with Crippen molar-refractivity contribution in [3.05, 3.63) is 58.6 Å². The van der Waals surface area contributed by atoms with E-state index in [1.54, 1.807) is 43.3 Å². The molecule has 128 valence electrons. The molecule has 3 rings (SSSR count). The van der Waals surface area contributed by atoms with Crippen molar-refractivity contribution in [3.63, 3.8) is 0 Å². The second kappa shape index (κ2) is 6.57. The van der Waals surface area contributed by atoms with Crippen molar-refractivity contribution in [1.29, 1.82) is 0 Å². The van der Waals surface area contributed by atoms with Crippen LogP contribution in [0.5, 0.6) is 0 Å². The van der Waals surface area contributed by atoms with Gasteiger partial charge in [0.15, 0.2) is 0 Å². The fourth-order valence-corrected chi connectivity index (χ4v) is 2.83. The van der Waals surface area contributed by atoms with E-state index in [-0.39, 0.29) is 5.91 Å². The lowest BCUT2D eigenvalue weighted by atomic mass is 10.1. The van der Waals surface area contributed by atoms with Gasteiger partial charge in [-0.1, -0.05) is 35.9 Å². The second-order valence-corrected chi connectivity index (χ2v) is 6.13. The largest absolute Gasteiger partial charge is 0.329 e. The molecule has 25 heavy (non-hydrogen) atoms. The predicted molar refractivity (Wildman–Crippen MR) is 96.1 cm³/mol. The fraction of sp³-hybridized carbons (Fsp3) is 0.167. The molecule has 0 aromatic heterocycles. The molecule has 1 atom stereocenters. The highest BCUT2D eigenvalue weighted by Gasteiger charge is 2.37. The molecule has 7 heteroatoms. The maximum atomic E-state index is 12.6. The average Bonchev–Trinajstić information content (AvgIpc) is 2.83. The van der Waals surface area contributed by atoms with Gasteiger partial charge < -0.3 is 10.6 Å². The van der Waals surface area contributed by atoms with Crippen LogP contribution in [0, 0.1) is 6.92 Å². The summed E-state index contributed by atoms with van der Waals surface area (Å²) in [6, 6.07) is 10.7. The summed E-state index contributed by atoms with van der Waals surface area (Å²) in [5.74, 6) is -0.790. The summed E-state index contributed by atoms with van der Waals surface area (Å²) in [6.07, 6.45) is 0. The van der Waals surface area contributed by atoms with Crippen LogP contribution in [0.3, 0.4) is 0 Å². The van der Waals surface area contributed by atoms with Crippen molar-refractivity contribution < 1.29 is 14.4 Å². The van der Waals surface area contributed by atoms with Crippen molar-refractivity contribution >= 4 is 40.8 Å². The molecule has 0 bridgehead atoms. The number of amides is 4. The van der Waals surface area contributed by atoms with Gasteiger partial charge in [0.05, 0.1) is 22.0 Å². The third-order valence-corrected chi connectivity index (χ3v) is 4.47. The Morgan fingerprint density at radius 2 is 1.88 bits per heavy atom. The van der Waals surface area contributed by atoms with Gasteiger partial charge in [0, 0.05) is 0 Å². The van der Waals surface area contributed by atoms with E-state index in [9.17, 15) is 14.4 Å². The zero-order chi connectivity index (χ0) is 18.1. The quantitative estimate of drug-likeness (QED) is 0.827. The summed E-state index contributed by atoms with van der Waals surface area (Å²) in [7, 11) is 0. The van der Waals surface area contributed by atoms with Gasteiger partial charge in [-0.3, -0.25) is 9.59 Å². The normalized spacial score (nSPS) is 16.8. The number of nitrogens with zero attached hydrogens (tertiary/aromatic N) is 1. The van der Waals surface area contributed by atoms with Gasteiger partial charge >= 0.3 is 6.03 Å². The number of aryl methyl sites for hydroxylation is 1. The lowest BCUT2D eigenvalue weighted by Crippen LogP contribution is -2.32. The van der Waals surface area contributed by atoms with Gasteiger partial charge in [-0.15, -0.1) is 0 Å². The Morgan fingerprint density at radius 3 is 2.56 bits per heavy atom. The molecular formula is C18H16ClN3O3. The average molecular weight is 358 g/mol. The standard InChI is InChI=1S/C18H16ClN3O3/c1-10-6-5-7-12(15(10)19)16(23)21-13-8-3-4-9-14(13)22-17(24)11(2)20-18(22)25/h3-9,11H,1-2H3,(H,20,25)(H,21,23). The van der Waals surface area contributed by atoms with Gasteiger partial charge in [0.2, 0.25) is 0 Å². The first-order valence-corrected chi connectivity index (χ1v) is 8.08. The summed E-state index contributed by atoms with van der Waals surface area (Å²) in [5.41, 5.74) is 1.77. The molecule has 0 saturated carbocycles. The number of urea groups is 1. The van der Waals surface area contributed by atoms with E-state index < -0.39 is 18.0 Å². The van der Waals surface area contributed by atoms with E-state index in [4.69, 9.17) is 11.6 Å². The molecule has 1 fully saturated rings. The number of carbonyl (C=O) groups is 3. The summed E-state index contributed by atoms with van der Waals surface area (Å²) in [5, 5.41) is 5.64. The molecule has 2 N–H and O–H groups in total. The molecule has 4 amide bonds. The minimum absolute atomic E-state index is 0.312. The van der Waals surface area contributed by atoms with Crippen LogP contribution in [0.4, 0.5) is 16.2 Å². The molecule has 1 aliphatic rings. The second-order valence-electron chi connectivity index (χ2n) is 5.75. The Kier molecular flexibility index (Phi) is 4.46. The summed E-state index contributed by atoms with van der Waals surface area (Å²) in [4.78, 5) is 37.9. The highest BCUT2D eigenvalue weighted by molar-refractivity contribution is 6.35. The number of halogens is 1. The van der Waals surface area contributed by atoms with E-state index in [1.165, 1.54) is 0 Å². The molecule has 1 heterocycles. The van der Waals surface area contributed by atoms with Crippen molar-refractivity contribution in [3.8, 4) is 0 Å². The minimum Gasteiger partial charge on any atom is -0.326 e. The summed E-state index contributed by atoms with van der Waals surface area (Å²) >= 11 is 6.20. The van der Waals surface area contributed by atoms with Gasteiger partial charge in [0.25, 0.3) is 11.8 Å². The zero-order valence-corrected chi connectivity index (χ0v) is 14.4. The molecule has 1 aliphatic heterocycles. The van der Waals surface area contributed by atoms with E-state index >= 15 is 0 Å². The first-order chi connectivity index (χ1) is 11.9. The van der Waals surface area contributed by atoms with Crippen molar-refractivity contribution in [1.82, 2.24) is 5.32 Å². The first kappa shape index (κ1) is 17.0. The van der Waals surface area contributed by atoms with Crippen molar-refractivity contribution in [2.75, 3.05) is 10.2 Å². The predicted octanol–water partition coefficient (Wildman–Crippen LogP) is 3.35. The van der Waals surface area contributed by atoms with Crippen LogP contribution in [-0.4, -0.2) is 23.9 Å². The third-order valence-electron chi connectivity index (χ3n) is 3.96. The number of nitrogens with one attached hydrogen (secondary N) is 2. The Morgan fingerprint density at radius 1 is 1.16 bits per heavy atom. The number of imide groups is 1. The van der Waals surface area contributed by atoms with Crippen LogP contribution in [0.15, 0.2) is 42.5 Å². The number of rotatable bonds is 3. The third kappa shape index (κ3) is 3.08.